The first-order valence-corrected chi connectivity index (χ1v) is 11.0. The number of alkyl halides is 3. The van der Waals surface area contributed by atoms with E-state index in [1.165, 1.54) is 0 Å². The van der Waals surface area contributed by atoms with Gasteiger partial charge < -0.3 is 9.84 Å². The third kappa shape index (κ3) is 4.40. The number of esters is 1. The molecule has 0 amide bonds. The second kappa shape index (κ2) is 7.72. The number of hydrogen-bond acceptors (Lipinski definition) is 6. The maximum absolute atomic E-state index is 13.4. The van der Waals surface area contributed by atoms with E-state index in [1.807, 2.05) is 0 Å². The van der Waals surface area contributed by atoms with E-state index in [0.29, 0.717) is 25.7 Å². The van der Waals surface area contributed by atoms with Crippen molar-refractivity contribution in [1.82, 2.24) is 0 Å². The van der Waals surface area contributed by atoms with Gasteiger partial charge in [0.15, 0.2) is 6.17 Å². The lowest BCUT2D eigenvalue weighted by atomic mass is 9.48. The van der Waals surface area contributed by atoms with Crippen LogP contribution in [0.2, 0.25) is 0 Å². The predicted molar refractivity (Wildman–Crippen MR) is 93.9 cm³/mol. The number of aliphatic hydroxyl groups is 1. The van der Waals surface area contributed by atoms with Crippen LogP contribution in [0.25, 0.3) is 0 Å². The standard InChI is InChI=1S/C15H21F3O6S.CH4S/c16-11(15(17,18)25(21,22)23)1-2-24-12(19)13-4-9-3-10(5-13)7-14(20,6-9)8-13;1-2/h9-11,20H,1-8H2,(H,21,22,23);2H,1H3. The zero-order chi connectivity index (χ0) is 20.7. The third-order valence-corrected chi connectivity index (χ3v) is 6.72. The molecule has 3 unspecified atom stereocenters. The molecule has 0 radical (unpaired) electrons. The first-order chi connectivity index (χ1) is 12.4. The lowest BCUT2D eigenvalue weighted by Gasteiger charge is -2.58. The molecule has 0 heterocycles. The molecule has 2 N–H and O–H groups in total. The van der Waals surface area contributed by atoms with Crippen LogP contribution in [0.1, 0.15) is 44.9 Å². The Morgan fingerprint density at radius 3 is 2.22 bits per heavy atom. The van der Waals surface area contributed by atoms with Gasteiger partial charge in [-0.3, -0.25) is 9.35 Å². The highest BCUT2D eigenvalue weighted by atomic mass is 32.2. The van der Waals surface area contributed by atoms with Crippen molar-refractivity contribution in [2.75, 3.05) is 12.9 Å². The molecule has 6 nitrogen and oxygen atoms in total. The molecule has 3 atom stereocenters. The average Bonchev–Trinajstić information content (AvgIpc) is 2.53. The SMILES string of the molecule is CS.O=C(OCCC(F)C(F)(F)S(=O)(=O)O)C12CC3CC(CC(O)(C3)C1)C2. The van der Waals surface area contributed by atoms with Crippen LogP contribution in [0.4, 0.5) is 13.2 Å². The van der Waals surface area contributed by atoms with Gasteiger partial charge in [-0.1, -0.05) is 0 Å². The van der Waals surface area contributed by atoms with Crippen LogP contribution >= 0.6 is 12.6 Å². The molecule has 0 aliphatic heterocycles. The van der Waals surface area contributed by atoms with E-state index in [0.717, 1.165) is 6.42 Å². The molecule has 4 aliphatic carbocycles. The summed E-state index contributed by atoms with van der Waals surface area (Å²) in [5.74, 6) is -0.212. The van der Waals surface area contributed by atoms with E-state index in [9.17, 15) is 31.5 Å². The number of carbonyl (C=O) groups is 1. The molecule has 4 bridgehead atoms. The highest BCUT2D eigenvalue weighted by Gasteiger charge is 2.61. The zero-order valence-electron chi connectivity index (χ0n) is 14.9. The molecule has 158 valence electrons. The Hall–Kier alpha value is -0.520. The van der Waals surface area contributed by atoms with Gasteiger partial charge >= 0.3 is 21.3 Å². The van der Waals surface area contributed by atoms with E-state index in [1.54, 1.807) is 6.26 Å². The molecule has 0 aromatic heterocycles. The normalized spacial score (nSPS) is 36.0. The quantitative estimate of drug-likeness (QED) is 0.338. The summed E-state index contributed by atoms with van der Waals surface area (Å²) < 4.78 is 74.0. The molecule has 11 heteroatoms. The van der Waals surface area contributed by atoms with Crippen molar-refractivity contribution >= 4 is 28.7 Å². The predicted octanol–water partition coefficient (Wildman–Crippen LogP) is 2.62. The monoisotopic (exact) mass is 434 g/mol. The molecule has 4 aliphatic rings. The molecule has 4 fully saturated rings. The summed E-state index contributed by atoms with van der Waals surface area (Å²) >= 11 is 3.53. The maximum Gasteiger partial charge on any atom is 0.400 e. The highest BCUT2D eigenvalue weighted by molar-refractivity contribution is 7.86. The molecule has 0 saturated heterocycles. The first-order valence-electron chi connectivity index (χ1n) is 8.70. The minimum absolute atomic E-state index is 0.219. The average molecular weight is 434 g/mol. The number of halogens is 3. The van der Waals surface area contributed by atoms with E-state index in [4.69, 9.17) is 9.29 Å². The molecule has 0 aromatic carbocycles. The van der Waals surface area contributed by atoms with Crippen LogP contribution in [0.15, 0.2) is 0 Å². The van der Waals surface area contributed by atoms with Gasteiger partial charge in [-0.25, -0.2) is 4.39 Å². The van der Waals surface area contributed by atoms with Crippen molar-refractivity contribution in [2.24, 2.45) is 17.3 Å². The summed E-state index contributed by atoms with van der Waals surface area (Å²) in [6.07, 6.45) is 1.07. The lowest BCUT2D eigenvalue weighted by Crippen LogP contribution is -2.58. The Bertz CT molecular complexity index is 655. The van der Waals surface area contributed by atoms with Gasteiger partial charge in [-0.2, -0.15) is 29.8 Å². The zero-order valence-corrected chi connectivity index (χ0v) is 16.6. The number of ether oxygens (including phenoxy) is 1. The largest absolute Gasteiger partial charge is 0.465 e. The van der Waals surface area contributed by atoms with Crippen molar-refractivity contribution in [3.63, 3.8) is 0 Å². The van der Waals surface area contributed by atoms with Gasteiger partial charge in [0.05, 0.1) is 17.6 Å². The van der Waals surface area contributed by atoms with Gasteiger partial charge in [-0.15, -0.1) is 0 Å². The van der Waals surface area contributed by atoms with E-state index in [2.05, 4.69) is 12.6 Å². The maximum atomic E-state index is 13.4. The first kappa shape index (κ1) is 22.8. The van der Waals surface area contributed by atoms with Crippen LogP contribution in [0, 0.1) is 17.3 Å². The molecule has 27 heavy (non-hydrogen) atoms. The Labute approximate surface area is 162 Å². The lowest BCUT2D eigenvalue weighted by molar-refractivity contribution is -0.196. The molecule has 4 rings (SSSR count). The Kier molecular flexibility index (Phi) is 6.51. The number of thiol groups is 1. The van der Waals surface area contributed by atoms with Crippen molar-refractivity contribution in [3.8, 4) is 0 Å². The van der Waals surface area contributed by atoms with E-state index in [-0.39, 0.29) is 18.3 Å². The summed E-state index contributed by atoms with van der Waals surface area (Å²) in [7, 11) is -5.88. The summed E-state index contributed by atoms with van der Waals surface area (Å²) in [6, 6.07) is 0. The smallest absolute Gasteiger partial charge is 0.400 e. The van der Waals surface area contributed by atoms with Crippen molar-refractivity contribution < 1.29 is 40.8 Å². The fourth-order valence-corrected chi connectivity index (χ4v) is 5.63. The summed E-state index contributed by atoms with van der Waals surface area (Å²) in [5.41, 5.74) is -1.76. The van der Waals surface area contributed by atoms with Crippen molar-refractivity contribution in [3.05, 3.63) is 0 Å². The third-order valence-electron chi connectivity index (χ3n) is 5.78. The van der Waals surface area contributed by atoms with Gasteiger partial charge in [0.1, 0.15) is 0 Å². The van der Waals surface area contributed by atoms with Crippen LogP contribution in [-0.4, -0.2) is 53.9 Å². The molecular weight excluding hydrogens is 409 g/mol. The van der Waals surface area contributed by atoms with Gasteiger partial charge in [0.25, 0.3) is 0 Å². The number of carbonyl (C=O) groups excluding carboxylic acids is 1. The summed E-state index contributed by atoms with van der Waals surface area (Å²) in [6.45, 7) is -0.722. The second-order valence-electron chi connectivity index (χ2n) is 7.89. The molecule has 0 aromatic rings. The van der Waals surface area contributed by atoms with E-state index >= 15 is 0 Å². The van der Waals surface area contributed by atoms with Crippen molar-refractivity contribution in [1.29, 1.82) is 0 Å². The van der Waals surface area contributed by atoms with Crippen LogP contribution in [0.3, 0.4) is 0 Å². The van der Waals surface area contributed by atoms with Gasteiger partial charge in [-0.05, 0) is 56.6 Å². The summed E-state index contributed by atoms with van der Waals surface area (Å²) in [4.78, 5) is 12.5. The van der Waals surface area contributed by atoms with Crippen LogP contribution in [-0.2, 0) is 19.6 Å². The van der Waals surface area contributed by atoms with Crippen LogP contribution in [0.5, 0.6) is 0 Å². The minimum Gasteiger partial charge on any atom is -0.465 e. The molecular formula is C16H25F3O6S2. The molecule has 0 spiro atoms. The Balaban J connectivity index is 0.00000126. The highest BCUT2D eigenvalue weighted by Crippen LogP contribution is 2.62. The van der Waals surface area contributed by atoms with Gasteiger partial charge in [0, 0.05) is 6.42 Å². The Morgan fingerprint density at radius 2 is 1.78 bits per heavy atom. The fraction of sp³-hybridized carbons (Fsp3) is 0.938. The topological polar surface area (TPSA) is 101 Å². The second-order valence-corrected chi connectivity index (χ2v) is 9.39. The van der Waals surface area contributed by atoms with Gasteiger partial charge in [0.2, 0.25) is 0 Å². The van der Waals surface area contributed by atoms with Crippen LogP contribution < -0.4 is 0 Å². The molecule has 4 saturated carbocycles. The van der Waals surface area contributed by atoms with E-state index < -0.39 is 51.6 Å². The summed E-state index contributed by atoms with van der Waals surface area (Å²) in [5, 5.41) is 5.62. The Morgan fingerprint density at radius 1 is 1.26 bits per heavy atom. The fourth-order valence-electron chi connectivity index (χ4n) is 5.19. The number of rotatable bonds is 6. The number of hydrogen-bond donors (Lipinski definition) is 3. The minimum atomic E-state index is -5.88. The van der Waals surface area contributed by atoms with Crippen molar-refractivity contribution in [2.45, 2.75) is 62.0 Å².